The lowest BCUT2D eigenvalue weighted by Gasteiger charge is -2.31. The van der Waals surface area contributed by atoms with Gasteiger partial charge >= 0.3 is 6.18 Å². The Balaban J connectivity index is 1.47. The first-order valence-corrected chi connectivity index (χ1v) is 12.2. The Morgan fingerprint density at radius 1 is 1.06 bits per heavy atom. The number of benzene rings is 2. The van der Waals surface area contributed by atoms with Gasteiger partial charge in [0, 0.05) is 28.7 Å². The summed E-state index contributed by atoms with van der Waals surface area (Å²) in [6, 6.07) is 14.0. The molecule has 1 aliphatic carbocycles. The first-order valence-electron chi connectivity index (χ1n) is 12.2. The Hall–Kier alpha value is -3.09. The molecular formula is C28H32F3N3O. The van der Waals surface area contributed by atoms with E-state index < -0.39 is 11.9 Å². The van der Waals surface area contributed by atoms with Crippen LogP contribution in [0.3, 0.4) is 0 Å². The average molecular weight is 484 g/mol. The monoisotopic (exact) mass is 483 g/mol. The smallest absolute Gasteiger partial charge is 0.382 e. The van der Waals surface area contributed by atoms with Crippen LogP contribution in [0.1, 0.15) is 66.7 Å². The number of hydrogen-bond acceptors (Lipinski definition) is 3. The number of pyridine rings is 1. The third-order valence-corrected chi connectivity index (χ3v) is 6.48. The topological polar surface area (TPSA) is 54.0 Å². The highest BCUT2D eigenvalue weighted by atomic mass is 19.4. The zero-order valence-corrected chi connectivity index (χ0v) is 20.4. The predicted molar refractivity (Wildman–Crippen MR) is 134 cm³/mol. The first kappa shape index (κ1) is 25.0. The van der Waals surface area contributed by atoms with E-state index in [9.17, 15) is 18.0 Å². The van der Waals surface area contributed by atoms with Gasteiger partial charge in [-0.1, -0.05) is 37.6 Å². The molecule has 1 saturated carbocycles. The van der Waals surface area contributed by atoms with E-state index in [0.29, 0.717) is 34.5 Å². The van der Waals surface area contributed by atoms with Crippen LogP contribution in [-0.2, 0) is 12.6 Å². The molecular weight excluding hydrogens is 451 g/mol. The Morgan fingerprint density at radius 2 is 1.77 bits per heavy atom. The predicted octanol–water partition coefficient (Wildman–Crippen LogP) is 6.91. The van der Waals surface area contributed by atoms with Crippen molar-refractivity contribution in [3.05, 3.63) is 70.9 Å². The van der Waals surface area contributed by atoms with Gasteiger partial charge in [-0.3, -0.25) is 4.79 Å². The molecule has 35 heavy (non-hydrogen) atoms. The molecule has 4 nitrogen and oxygen atoms in total. The Bertz CT molecular complexity index is 1190. The summed E-state index contributed by atoms with van der Waals surface area (Å²) in [6.45, 7) is 6.23. The second kappa shape index (κ2) is 10.3. The molecule has 186 valence electrons. The highest BCUT2D eigenvalue weighted by molar-refractivity contribution is 5.94. The normalized spacial score (nSPS) is 18.6. The van der Waals surface area contributed by atoms with Gasteiger partial charge in [0.15, 0.2) is 0 Å². The number of nitrogens with zero attached hydrogens (tertiary/aromatic N) is 1. The summed E-state index contributed by atoms with van der Waals surface area (Å²) < 4.78 is 40.4. The molecule has 1 fully saturated rings. The number of alkyl halides is 3. The van der Waals surface area contributed by atoms with Gasteiger partial charge in [0.1, 0.15) is 5.69 Å². The number of hydrogen-bond donors (Lipinski definition) is 2. The zero-order valence-electron chi connectivity index (χ0n) is 20.4. The molecule has 1 amide bonds. The number of amides is 1. The van der Waals surface area contributed by atoms with Crippen molar-refractivity contribution in [3.63, 3.8) is 0 Å². The summed E-state index contributed by atoms with van der Waals surface area (Å²) in [4.78, 5) is 16.6. The average Bonchev–Trinajstić information content (AvgIpc) is 2.79. The van der Waals surface area contributed by atoms with E-state index in [4.69, 9.17) is 0 Å². The van der Waals surface area contributed by atoms with Gasteiger partial charge in [-0.2, -0.15) is 13.2 Å². The van der Waals surface area contributed by atoms with Crippen molar-refractivity contribution in [1.29, 1.82) is 0 Å². The second-order valence-corrected chi connectivity index (χ2v) is 10.0. The van der Waals surface area contributed by atoms with Crippen LogP contribution < -0.4 is 10.6 Å². The number of fused-ring (bicyclic) bond motifs is 1. The molecule has 0 spiro atoms. The molecule has 1 heterocycles. The lowest BCUT2D eigenvalue weighted by atomic mass is 9.90. The SMILES string of the molecule is Cc1ccc2nc(C(F)(F)F)cc(N[C@H]3CCC[C@@H](NC(=O)c4ccc(CC(C)C)cc4)C3)c2c1. The fraction of sp³-hybridized carbons (Fsp3) is 0.429. The zero-order chi connectivity index (χ0) is 25.2. The molecule has 7 heteroatoms. The number of carbonyl (C=O) groups excluding carboxylic acids is 1. The number of rotatable bonds is 6. The van der Waals surface area contributed by atoms with Crippen molar-refractivity contribution in [3.8, 4) is 0 Å². The van der Waals surface area contributed by atoms with Crippen LogP contribution in [0.4, 0.5) is 18.9 Å². The maximum atomic E-state index is 13.5. The maximum Gasteiger partial charge on any atom is 0.433 e. The number of aryl methyl sites for hydroxylation is 1. The van der Waals surface area contributed by atoms with Crippen molar-refractivity contribution in [2.24, 2.45) is 5.92 Å². The van der Waals surface area contributed by atoms with Crippen molar-refractivity contribution >= 4 is 22.5 Å². The number of halogens is 3. The Kier molecular flexibility index (Phi) is 7.33. The van der Waals surface area contributed by atoms with Gasteiger partial charge in [0.25, 0.3) is 5.91 Å². The molecule has 0 radical (unpaired) electrons. The maximum absolute atomic E-state index is 13.5. The molecule has 0 saturated heterocycles. The Morgan fingerprint density at radius 3 is 2.46 bits per heavy atom. The number of nitrogens with one attached hydrogen (secondary N) is 2. The first-order chi connectivity index (χ1) is 16.6. The van der Waals surface area contributed by atoms with Crippen molar-refractivity contribution in [2.45, 2.75) is 71.1 Å². The highest BCUT2D eigenvalue weighted by Crippen LogP contribution is 2.34. The molecule has 2 aromatic carbocycles. The van der Waals surface area contributed by atoms with Gasteiger partial charge in [-0.15, -0.1) is 0 Å². The standard InChI is InChI=1S/C28H32F3N3O/c1-17(2)13-19-8-10-20(11-9-19)27(35)33-22-6-4-5-21(15-22)32-25-16-26(28(29,30)31)34-24-12-7-18(3)14-23(24)25/h7-12,14,16-17,21-22H,4-6,13,15H2,1-3H3,(H,32,34)(H,33,35)/t21-,22+/m0/s1. The van der Waals surface area contributed by atoms with Gasteiger partial charge in [0.2, 0.25) is 0 Å². The fourth-order valence-electron chi connectivity index (χ4n) is 4.81. The molecule has 0 aliphatic heterocycles. The fourth-order valence-corrected chi connectivity index (χ4v) is 4.81. The Labute approximate surface area is 204 Å². The molecule has 0 unspecified atom stereocenters. The summed E-state index contributed by atoms with van der Waals surface area (Å²) in [7, 11) is 0. The van der Waals surface area contributed by atoms with Crippen molar-refractivity contribution < 1.29 is 18.0 Å². The minimum atomic E-state index is -4.52. The van der Waals surface area contributed by atoms with E-state index in [0.717, 1.165) is 37.3 Å². The van der Waals surface area contributed by atoms with Crippen LogP contribution in [0.25, 0.3) is 10.9 Å². The molecule has 0 bridgehead atoms. The van der Waals surface area contributed by atoms with E-state index in [1.807, 2.05) is 37.3 Å². The van der Waals surface area contributed by atoms with E-state index in [1.165, 1.54) is 5.56 Å². The largest absolute Gasteiger partial charge is 0.433 e. The van der Waals surface area contributed by atoms with Gasteiger partial charge < -0.3 is 10.6 Å². The minimum Gasteiger partial charge on any atom is -0.382 e. The molecule has 4 rings (SSSR count). The van der Waals surface area contributed by atoms with E-state index >= 15 is 0 Å². The number of anilines is 1. The lowest BCUT2D eigenvalue weighted by molar-refractivity contribution is -0.140. The molecule has 2 N–H and O–H groups in total. The summed E-state index contributed by atoms with van der Waals surface area (Å²) in [6.07, 6.45) is -0.356. The number of aromatic nitrogens is 1. The molecule has 1 aromatic heterocycles. The minimum absolute atomic E-state index is 0.0407. The highest BCUT2D eigenvalue weighted by Gasteiger charge is 2.34. The van der Waals surface area contributed by atoms with Gasteiger partial charge in [-0.05, 0) is 80.8 Å². The van der Waals surface area contributed by atoms with Gasteiger partial charge in [-0.25, -0.2) is 4.98 Å². The lowest BCUT2D eigenvalue weighted by Crippen LogP contribution is -2.41. The molecule has 1 aliphatic rings. The van der Waals surface area contributed by atoms with Crippen LogP contribution in [0, 0.1) is 12.8 Å². The van der Waals surface area contributed by atoms with Crippen LogP contribution in [0.5, 0.6) is 0 Å². The third-order valence-electron chi connectivity index (χ3n) is 6.48. The van der Waals surface area contributed by atoms with Crippen molar-refractivity contribution in [2.75, 3.05) is 5.32 Å². The van der Waals surface area contributed by atoms with Gasteiger partial charge in [0.05, 0.1) is 5.52 Å². The summed E-state index contributed by atoms with van der Waals surface area (Å²) in [5.41, 5.74) is 2.63. The molecule has 3 aromatic rings. The van der Waals surface area contributed by atoms with Crippen LogP contribution in [0.2, 0.25) is 0 Å². The van der Waals surface area contributed by atoms with Crippen molar-refractivity contribution in [1.82, 2.24) is 10.3 Å². The van der Waals surface area contributed by atoms with E-state index in [-0.39, 0.29) is 18.0 Å². The van der Waals surface area contributed by atoms with E-state index in [2.05, 4.69) is 29.5 Å². The van der Waals surface area contributed by atoms with E-state index in [1.54, 1.807) is 12.1 Å². The summed E-state index contributed by atoms with van der Waals surface area (Å²) in [5.74, 6) is 0.436. The van der Waals surface area contributed by atoms with Crippen LogP contribution >= 0.6 is 0 Å². The summed E-state index contributed by atoms with van der Waals surface area (Å²) in [5, 5.41) is 7.13. The van der Waals surface area contributed by atoms with Crippen LogP contribution in [0.15, 0.2) is 48.5 Å². The summed E-state index contributed by atoms with van der Waals surface area (Å²) >= 11 is 0. The number of carbonyl (C=O) groups is 1. The second-order valence-electron chi connectivity index (χ2n) is 10.0. The quantitative estimate of drug-likeness (QED) is 0.400. The third kappa shape index (κ3) is 6.32. The molecule has 2 atom stereocenters. The van der Waals surface area contributed by atoms with Crippen LogP contribution in [-0.4, -0.2) is 23.0 Å².